The van der Waals surface area contributed by atoms with E-state index in [-0.39, 0.29) is 0 Å². The van der Waals surface area contributed by atoms with E-state index in [0.29, 0.717) is 5.15 Å². The van der Waals surface area contributed by atoms with Gasteiger partial charge < -0.3 is 0 Å². The van der Waals surface area contributed by atoms with Crippen molar-refractivity contribution in [1.29, 1.82) is 0 Å². The second-order valence-electron chi connectivity index (χ2n) is 5.63. The monoisotopic (exact) mass is 346 g/mol. The molecule has 2 nitrogen and oxygen atoms in total. The number of benzene rings is 3. The smallest absolute Gasteiger partial charge is 0.156 e. The molecule has 0 aliphatic carbocycles. The average molecular weight is 347 g/mol. The topological polar surface area (TPSA) is 25.8 Å². The van der Waals surface area contributed by atoms with Gasteiger partial charge >= 0.3 is 0 Å². The van der Waals surface area contributed by atoms with E-state index in [4.69, 9.17) is 16.6 Å². The van der Waals surface area contributed by atoms with Crippen LogP contribution < -0.4 is 0 Å². The minimum absolute atomic E-state index is 0.441. The first-order chi connectivity index (χ1) is 11.8. The maximum atomic E-state index is 6.49. The molecule has 4 heteroatoms. The third kappa shape index (κ3) is 2.02. The third-order valence-electron chi connectivity index (χ3n) is 4.19. The van der Waals surface area contributed by atoms with Crippen molar-refractivity contribution in [1.82, 2.24) is 9.97 Å². The van der Waals surface area contributed by atoms with Crippen LogP contribution in [0, 0.1) is 0 Å². The van der Waals surface area contributed by atoms with Gasteiger partial charge in [0.2, 0.25) is 0 Å². The van der Waals surface area contributed by atoms with Crippen LogP contribution in [0.15, 0.2) is 66.7 Å². The van der Waals surface area contributed by atoms with Gasteiger partial charge in [0, 0.05) is 25.7 Å². The molecule has 3 aromatic carbocycles. The quantitative estimate of drug-likeness (QED) is 0.355. The summed E-state index contributed by atoms with van der Waals surface area (Å²) >= 11 is 8.27. The van der Waals surface area contributed by atoms with Crippen LogP contribution in [0.5, 0.6) is 0 Å². The molecule has 0 unspecified atom stereocenters. The fourth-order valence-electron chi connectivity index (χ4n) is 3.12. The molecule has 0 aliphatic heterocycles. The molecule has 5 rings (SSSR count). The lowest BCUT2D eigenvalue weighted by Gasteiger charge is -2.07. The number of aromatic nitrogens is 2. The molecule has 0 bridgehead atoms. The highest BCUT2D eigenvalue weighted by molar-refractivity contribution is 7.25. The Balaban J connectivity index is 1.91. The number of thiophene rings is 1. The Hall–Kier alpha value is -2.49. The van der Waals surface area contributed by atoms with Crippen LogP contribution in [0.1, 0.15) is 0 Å². The summed E-state index contributed by atoms with van der Waals surface area (Å²) < 4.78 is 2.50. The summed E-state index contributed by atoms with van der Waals surface area (Å²) in [6.45, 7) is 0. The zero-order valence-electron chi connectivity index (χ0n) is 12.5. The van der Waals surface area contributed by atoms with Crippen molar-refractivity contribution in [2.24, 2.45) is 0 Å². The van der Waals surface area contributed by atoms with E-state index >= 15 is 0 Å². The normalized spacial score (nSPS) is 11.5. The Morgan fingerprint density at radius 1 is 0.708 bits per heavy atom. The van der Waals surface area contributed by atoms with Gasteiger partial charge in [-0.3, -0.25) is 0 Å². The van der Waals surface area contributed by atoms with Crippen LogP contribution in [0.25, 0.3) is 42.5 Å². The lowest BCUT2D eigenvalue weighted by molar-refractivity contribution is 1.30. The highest BCUT2D eigenvalue weighted by Crippen LogP contribution is 2.40. The molecular formula is C20H11ClN2S. The molecule has 0 N–H and O–H groups in total. The maximum Gasteiger partial charge on any atom is 0.156 e. The zero-order chi connectivity index (χ0) is 16.1. The lowest BCUT2D eigenvalue weighted by atomic mass is 10.0. The number of rotatable bonds is 1. The summed E-state index contributed by atoms with van der Waals surface area (Å²) in [6, 6.07) is 22.5. The van der Waals surface area contributed by atoms with Gasteiger partial charge in [-0.15, -0.1) is 11.3 Å². The average Bonchev–Trinajstić information content (AvgIpc) is 3.00. The van der Waals surface area contributed by atoms with Crippen molar-refractivity contribution >= 4 is 54.1 Å². The summed E-state index contributed by atoms with van der Waals surface area (Å²) in [5.74, 6) is 0. The first-order valence-corrected chi connectivity index (χ1v) is 8.83. The molecule has 24 heavy (non-hydrogen) atoms. The Morgan fingerprint density at radius 3 is 2.29 bits per heavy atom. The highest BCUT2D eigenvalue weighted by atomic mass is 35.5. The van der Waals surface area contributed by atoms with Gasteiger partial charge in [-0.1, -0.05) is 54.1 Å². The van der Waals surface area contributed by atoms with E-state index in [9.17, 15) is 0 Å². The maximum absolute atomic E-state index is 6.49. The van der Waals surface area contributed by atoms with Gasteiger partial charge in [0.1, 0.15) is 5.69 Å². The van der Waals surface area contributed by atoms with Crippen LogP contribution in [-0.2, 0) is 0 Å². The molecule has 0 aliphatic rings. The standard InChI is InChI=1S/C20H11ClN2S/c21-20-19(22-14-8-2-3-9-15(14)23-20)13-7-5-11-17-18(13)12-6-1-4-10-16(12)24-17/h1-11H. The first-order valence-electron chi connectivity index (χ1n) is 7.64. The fourth-order valence-corrected chi connectivity index (χ4v) is 4.49. The molecular weight excluding hydrogens is 336 g/mol. The van der Waals surface area contributed by atoms with Gasteiger partial charge in [-0.2, -0.15) is 0 Å². The summed E-state index contributed by atoms with van der Waals surface area (Å²) in [5, 5.41) is 2.88. The molecule has 0 saturated heterocycles. The number of hydrogen-bond acceptors (Lipinski definition) is 3. The van der Waals surface area contributed by atoms with Gasteiger partial charge in [-0.05, 0) is 24.3 Å². The van der Waals surface area contributed by atoms with Crippen molar-refractivity contribution in [2.45, 2.75) is 0 Å². The Labute approximate surface area is 147 Å². The zero-order valence-corrected chi connectivity index (χ0v) is 14.1. The second kappa shape index (κ2) is 5.26. The molecule has 0 fully saturated rings. The van der Waals surface area contributed by atoms with E-state index in [1.54, 1.807) is 11.3 Å². The summed E-state index contributed by atoms with van der Waals surface area (Å²) in [7, 11) is 0. The van der Waals surface area contributed by atoms with Crippen molar-refractivity contribution < 1.29 is 0 Å². The SMILES string of the molecule is Clc1nc2ccccc2nc1-c1cccc2sc3ccccc3c12. The number of para-hydroxylation sites is 2. The summed E-state index contributed by atoms with van der Waals surface area (Å²) in [6.07, 6.45) is 0. The summed E-state index contributed by atoms with van der Waals surface area (Å²) in [4.78, 5) is 9.32. The Kier molecular flexibility index (Phi) is 3.05. The van der Waals surface area contributed by atoms with Gasteiger partial charge in [0.25, 0.3) is 0 Å². The number of halogens is 1. The van der Waals surface area contributed by atoms with E-state index in [2.05, 4.69) is 47.4 Å². The predicted octanol–water partition coefficient (Wildman–Crippen LogP) is 6.32. The largest absolute Gasteiger partial charge is 0.243 e. The first kappa shape index (κ1) is 13.9. The minimum atomic E-state index is 0.441. The molecule has 0 spiro atoms. The van der Waals surface area contributed by atoms with Crippen LogP contribution in [0.3, 0.4) is 0 Å². The Bertz CT molecular complexity index is 1230. The predicted molar refractivity (Wildman–Crippen MR) is 103 cm³/mol. The van der Waals surface area contributed by atoms with Crippen LogP contribution >= 0.6 is 22.9 Å². The third-order valence-corrected chi connectivity index (χ3v) is 5.59. The Morgan fingerprint density at radius 2 is 1.42 bits per heavy atom. The van der Waals surface area contributed by atoms with Gasteiger partial charge in [-0.25, -0.2) is 9.97 Å². The molecule has 114 valence electrons. The molecule has 0 amide bonds. The van der Waals surface area contributed by atoms with Crippen molar-refractivity contribution in [3.63, 3.8) is 0 Å². The van der Waals surface area contributed by atoms with E-state index < -0.39 is 0 Å². The van der Waals surface area contributed by atoms with Gasteiger partial charge in [0.15, 0.2) is 5.15 Å². The number of fused-ring (bicyclic) bond motifs is 4. The molecule has 0 atom stereocenters. The molecule has 5 aromatic rings. The highest BCUT2D eigenvalue weighted by Gasteiger charge is 2.15. The summed E-state index contributed by atoms with van der Waals surface area (Å²) in [5.41, 5.74) is 3.44. The van der Waals surface area contributed by atoms with Gasteiger partial charge in [0.05, 0.1) is 11.0 Å². The minimum Gasteiger partial charge on any atom is -0.243 e. The number of hydrogen-bond donors (Lipinski definition) is 0. The second-order valence-corrected chi connectivity index (χ2v) is 7.07. The van der Waals surface area contributed by atoms with Crippen molar-refractivity contribution in [2.75, 3.05) is 0 Å². The molecule has 0 radical (unpaired) electrons. The fraction of sp³-hybridized carbons (Fsp3) is 0. The van der Waals surface area contributed by atoms with Crippen molar-refractivity contribution in [3.05, 3.63) is 71.9 Å². The van der Waals surface area contributed by atoms with Crippen LogP contribution in [0.4, 0.5) is 0 Å². The molecule has 2 heterocycles. The van der Waals surface area contributed by atoms with E-state index in [0.717, 1.165) is 22.3 Å². The number of nitrogens with zero attached hydrogens (tertiary/aromatic N) is 2. The van der Waals surface area contributed by atoms with Crippen molar-refractivity contribution in [3.8, 4) is 11.3 Å². The van der Waals surface area contributed by atoms with Crippen LogP contribution in [-0.4, -0.2) is 9.97 Å². The molecule has 0 saturated carbocycles. The van der Waals surface area contributed by atoms with E-state index in [1.807, 2.05) is 24.3 Å². The van der Waals surface area contributed by atoms with Crippen LogP contribution in [0.2, 0.25) is 5.15 Å². The molecule has 2 aromatic heterocycles. The van der Waals surface area contributed by atoms with E-state index in [1.165, 1.54) is 20.2 Å². The lowest BCUT2D eigenvalue weighted by Crippen LogP contribution is -1.91.